The third-order valence-corrected chi connectivity index (χ3v) is 2.74. The van der Waals surface area contributed by atoms with Crippen LogP contribution in [-0.2, 0) is 6.42 Å². The van der Waals surface area contributed by atoms with Crippen LogP contribution >= 0.6 is 0 Å². The van der Waals surface area contributed by atoms with Gasteiger partial charge in [0, 0.05) is 18.0 Å². The molecule has 1 amide bonds. The molecule has 1 heterocycles. The number of amides is 1. The van der Waals surface area contributed by atoms with Crippen LogP contribution in [0.4, 0.5) is 0 Å². The first-order chi connectivity index (χ1) is 9.19. The van der Waals surface area contributed by atoms with Crippen molar-refractivity contribution in [3.63, 3.8) is 0 Å². The van der Waals surface area contributed by atoms with E-state index in [1.54, 1.807) is 30.5 Å². The van der Waals surface area contributed by atoms with Gasteiger partial charge in [0.2, 0.25) is 0 Å². The Labute approximate surface area is 111 Å². The van der Waals surface area contributed by atoms with Crippen molar-refractivity contribution in [2.24, 2.45) is 0 Å². The standard InChI is InChI=1S/C15H14N2O2/c1-11(9-14-3-2-8-19-14)17-15(18)13-6-4-12(10-16)5-7-13/h2-8,11H,9H2,1H3,(H,17,18). The number of nitrogens with one attached hydrogen (secondary N) is 1. The topological polar surface area (TPSA) is 66.0 Å². The van der Waals surface area contributed by atoms with Crippen molar-refractivity contribution in [1.29, 1.82) is 5.26 Å². The van der Waals surface area contributed by atoms with Gasteiger partial charge in [-0.3, -0.25) is 4.79 Å². The normalized spacial score (nSPS) is 11.6. The van der Waals surface area contributed by atoms with E-state index in [-0.39, 0.29) is 11.9 Å². The monoisotopic (exact) mass is 254 g/mol. The van der Waals surface area contributed by atoms with E-state index in [9.17, 15) is 4.79 Å². The van der Waals surface area contributed by atoms with Crippen molar-refractivity contribution in [2.75, 3.05) is 0 Å². The van der Waals surface area contributed by atoms with Gasteiger partial charge >= 0.3 is 0 Å². The van der Waals surface area contributed by atoms with Crippen molar-refractivity contribution in [3.8, 4) is 6.07 Å². The summed E-state index contributed by atoms with van der Waals surface area (Å²) in [4.78, 5) is 12.0. The molecule has 0 fully saturated rings. The van der Waals surface area contributed by atoms with Gasteiger partial charge in [0.25, 0.3) is 5.91 Å². The quantitative estimate of drug-likeness (QED) is 0.911. The zero-order valence-electron chi connectivity index (χ0n) is 10.6. The Balaban J connectivity index is 1.94. The first kappa shape index (κ1) is 12.9. The van der Waals surface area contributed by atoms with Crippen LogP contribution in [0.1, 0.15) is 28.6 Å². The molecule has 1 aromatic heterocycles. The Bertz CT molecular complexity index is 580. The Morgan fingerprint density at radius 2 is 2.11 bits per heavy atom. The Morgan fingerprint density at radius 1 is 1.37 bits per heavy atom. The average molecular weight is 254 g/mol. The van der Waals surface area contributed by atoms with Crippen LogP contribution < -0.4 is 5.32 Å². The first-order valence-corrected chi connectivity index (χ1v) is 6.02. The maximum absolute atomic E-state index is 12.0. The second kappa shape index (κ2) is 5.87. The molecule has 0 spiro atoms. The van der Waals surface area contributed by atoms with E-state index in [2.05, 4.69) is 5.32 Å². The highest BCUT2D eigenvalue weighted by Gasteiger charge is 2.11. The molecule has 19 heavy (non-hydrogen) atoms. The highest BCUT2D eigenvalue weighted by molar-refractivity contribution is 5.94. The van der Waals surface area contributed by atoms with Crippen LogP contribution in [0, 0.1) is 11.3 Å². The van der Waals surface area contributed by atoms with Crippen LogP contribution in [0.5, 0.6) is 0 Å². The largest absolute Gasteiger partial charge is 0.469 e. The molecule has 1 N–H and O–H groups in total. The van der Waals surface area contributed by atoms with Crippen molar-refractivity contribution < 1.29 is 9.21 Å². The molecule has 2 rings (SSSR count). The second-order valence-corrected chi connectivity index (χ2v) is 4.35. The van der Waals surface area contributed by atoms with Gasteiger partial charge in [0.05, 0.1) is 17.9 Å². The fourth-order valence-corrected chi connectivity index (χ4v) is 1.78. The lowest BCUT2D eigenvalue weighted by atomic mass is 10.1. The first-order valence-electron chi connectivity index (χ1n) is 6.02. The van der Waals surface area contributed by atoms with E-state index < -0.39 is 0 Å². The summed E-state index contributed by atoms with van der Waals surface area (Å²) in [5.41, 5.74) is 1.09. The highest BCUT2D eigenvalue weighted by Crippen LogP contribution is 2.06. The zero-order valence-corrected chi connectivity index (χ0v) is 10.6. The molecule has 0 saturated heterocycles. The molecule has 1 unspecified atom stereocenters. The predicted octanol–water partition coefficient (Wildman–Crippen LogP) is 2.51. The molecule has 2 aromatic rings. The molecule has 0 aliphatic rings. The molecule has 96 valence electrons. The summed E-state index contributed by atoms with van der Waals surface area (Å²) < 4.78 is 5.23. The van der Waals surface area contributed by atoms with Crippen LogP contribution in [0.3, 0.4) is 0 Å². The van der Waals surface area contributed by atoms with E-state index in [4.69, 9.17) is 9.68 Å². The molecule has 0 radical (unpaired) electrons. The minimum atomic E-state index is -0.149. The fourth-order valence-electron chi connectivity index (χ4n) is 1.78. The molecule has 0 bridgehead atoms. The highest BCUT2D eigenvalue weighted by atomic mass is 16.3. The Kier molecular flexibility index (Phi) is 3.99. The SMILES string of the molecule is CC(Cc1ccco1)NC(=O)c1ccc(C#N)cc1. The molecule has 4 heteroatoms. The van der Waals surface area contributed by atoms with Gasteiger partial charge in [-0.25, -0.2) is 0 Å². The van der Waals surface area contributed by atoms with Crippen molar-refractivity contribution in [1.82, 2.24) is 5.32 Å². The molecule has 0 saturated carbocycles. The van der Waals surface area contributed by atoms with E-state index in [1.807, 2.05) is 25.1 Å². The number of carbonyl (C=O) groups is 1. The van der Waals surface area contributed by atoms with E-state index >= 15 is 0 Å². The van der Waals surface area contributed by atoms with E-state index in [0.29, 0.717) is 17.5 Å². The van der Waals surface area contributed by atoms with Gasteiger partial charge in [-0.2, -0.15) is 5.26 Å². The zero-order chi connectivity index (χ0) is 13.7. The van der Waals surface area contributed by atoms with Gasteiger partial charge < -0.3 is 9.73 Å². The lowest BCUT2D eigenvalue weighted by Gasteiger charge is -2.12. The number of carbonyl (C=O) groups excluding carboxylic acids is 1. The summed E-state index contributed by atoms with van der Waals surface area (Å²) in [5.74, 6) is 0.691. The number of benzene rings is 1. The number of nitrogens with zero attached hydrogens (tertiary/aromatic N) is 1. The number of nitriles is 1. The summed E-state index contributed by atoms with van der Waals surface area (Å²) in [6, 6.07) is 12.3. The number of rotatable bonds is 4. The Morgan fingerprint density at radius 3 is 2.68 bits per heavy atom. The van der Waals surface area contributed by atoms with Crippen molar-refractivity contribution >= 4 is 5.91 Å². The van der Waals surface area contributed by atoms with Crippen molar-refractivity contribution in [3.05, 3.63) is 59.5 Å². The lowest BCUT2D eigenvalue weighted by Crippen LogP contribution is -2.33. The second-order valence-electron chi connectivity index (χ2n) is 4.35. The molecular formula is C15H14N2O2. The third kappa shape index (κ3) is 3.46. The maximum atomic E-state index is 12.0. The molecule has 1 aromatic carbocycles. The average Bonchev–Trinajstić information content (AvgIpc) is 2.91. The summed E-state index contributed by atoms with van der Waals surface area (Å²) in [6.45, 7) is 1.92. The van der Waals surface area contributed by atoms with Crippen LogP contribution in [0.15, 0.2) is 47.1 Å². The summed E-state index contributed by atoms with van der Waals surface area (Å²) in [6.07, 6.45) is 2.26. The minimum Gasteiger partial charge on any atom is -0.469 e. The number of hydrogen-bond donors (Lipinski definition) is 1. The van der Waals surface area contributed by atoms with E-state index in [1.165, 1.54) is 0 Å². The van der Waals surface area contributed by atoms with Gasteiger partial charge in [-0.1, -0.05) is 0 Å². The number of furan rings is 1. The maximum Gasteiger partial charge on any atom is 0.251 e. The lowest BCUT2D eigenvalue weighted by molar-refractivity contribution is 0.0939. The van der Waals surface area contributed by atoms with E-state index in [0.717, 1.165) is 5.76 Å². The molecule has 4 nitrogen and oxygen atoms in total. The summed E-state index contributed by atoms with van der Waals surface area (Å²) in [5, 5.41) is 11.6. The molecule has 0 aliphatic carbocycles. The summed E-state index contributed by atoms with van der Waals surface area (Å²) in [7, 11) is 0. The van der Waals surface area contributed by atoms with Crippen LogP contribution in [-0.4, -0.2) is 11.9 Å². The third-order valence-electron chi connectivity index (χ3n) is 2.74. The molecular weight excluding hydrogens is 240 g/mol. The van der Waals surface area contributed by atoms with Gasteiger partial charge in [0.1, 0.15) is 5.76 Å². The van der Waals surface area contributed by atoms with Crippen LogP contribution in [0.2, 0.25) is 0 Å². The van der Waals surface area contributed by atoms with Gasteiger partial charge in [0.15, 0.2) is 0 Å². The Hall–Kier alpha value is -2.54. The smallest absolute Gasteiger partial charge is 0.251 e. The molecule has 0 aliphatic heterocycles. The number of hydrogen-bond acceptors (Lipinski definition) is 3. The minimum absolute atomic E-state index is 0.0192. The van der Waals surface area contributed by atoms with Gasteiger partial charge in [-0.05, 0) is 43.3 Å². The fraction of sp³-hybridized carbons (Fsp3) is 0.200. The van der Waals surface area contributed by atoms with Crippen LogP contribution in [0.25, 0.3) is 0 Å². The molecule has 1 atom stereocenters. The van der Waals surface area contributed by atoms with Crippen molar-refractivity contribution in [2.45, 2.75) is 19.4 Å². The predicted molar refractivity (Wildman–Crippen MR) is 70.5 cm³/mol. The van der Waals surface area contributed by atoms with Gasteiger partial charge in [-0.15, -0.1) is 0 Å². The summed E-state index contributed by atoms with van der Waals surface area (Å²) >= 11 is 0.